The molecule has 0 fully saturated rings. The number of aromatic nitrogens is 1. The number of amides is 1. The molecule has 2 heterocycles. The molecule has 1 unspecified atom stereocenters. The first-order chi connectivity index (χ1) is 9.70. The Balaban J connectivity index is 2.12. The minimum absolute atomic E-state index is 0.332. The van der Waals surface area contributed by atoms with E-state index in [9.17, 15) is 4.79 Å². The number of ether oxygens (including phenoxy) is 1. The van der Waals surface area contributed by atoms with Crippen LogP contribution in [0.5, 0.6) is 0 Å². The Hall–Kier alpha value is -2.56. The molecule has 0 N–H and O–H groups in total. The number of rotatable bonds is 1. The van der Waals surface area contributed by atoms with E-state index >= 15 is 0 Å². The van der Waals surface area contributed by atoms with Gasteiger partial charge in [0, 0.05) is 6.20 Å². The van der Waals surface area contributed by atoms with E-state index < -0.39 is 6.09 Å². The summed E-state index contributed by atoms with van der Waals surface area (Å²) in [4.78, 5) is 17.7. The van der Waals surface area contributed by atoms with Crippen molar-refractivity contribution in [2.45, 2.75) is 13.0 Å². The SMILES string of the molecule is COC(=O)N1C=Cc2ocnc2C1c1cccc(C)c1. The summed E-state index contributed by atoms with van der Waals surface area (Å²) in [5, 5.41) is 0. The molecule has 2 aromatic rings. The minimum Gasteiger partial charge on any atom is -0.452 e. The Kier molecular flexibility index (Phi) is 3.02. The molecule has 0 aliphatic carbocycles. The van der Waals surface area contributed by atoms with Gasteiger partial charge in [-0.2, -0.15) is 0 Å². The Bertz CT molecular complexity index is 675. The standard InChI is InChI=1S/C15H14N2O3/c1-10-4-3-5-11(8-10)14-13-12(20-9-16-13)6-7-17(14)15(18)19-2/h3-9,14H,1-2H3. The fraction of sp³-hybridized carbons (Fsp3) is 0.200. The van der Waals surface area contributed by atoms with E-state index in [1.807, 2.05) is 31.2 Å². The van der Waals surface area contributed by atoms with Gasteiger partial charge in [-0.3, -0.25) is 4.90 Å². The summed E-state index contributed by atoms with van der Waals surface area (Å²) < 4.78 is 10.2. The maximum Gasteiger partial charge on any atom is 0.414 e. The third-order valence-electron chi connectivity index (χ3n) is 3.29. The second-order valence-corrected chi connectivity index (χ2v) is 4.61. The van der Waals surface area contributed by atoms with Crippen molar-refractivity contribution in [1.29, 1.82) is 0 Å². The Morgan fingerprint density at radius 1 is 1.45 bits per heavy atom. The first-order valence-electron chi connectivity index (χ1n) is 6.25. The third-order valence-corrected chi connectivity index (χ3v) is 3.29. The van der Waals surface area contributed by atoms with Gasteiger partial charge in [-0.15, -0.1) is 0 Å². The zero-order valence-electron chi connectivity index (χ0n) is 11.2. The van der Waals surface area contributed by atoms with Gasteiger partial charge in [0.05, 0.1) is 7.11 Å². The maximum atomic E-state index is 12.0. The third kappa shape index (κ3) is 1.97. The van der Waals surface area contributed by atoms with Crippen molar-refractivity contribution in [2.75, 3.05) is 7.11 Å². The summed E-state index contributed by atoms with van der Waals surface area (Å²) in [5.74, 6) is 0.664. The molecule has 20 heavy (non-hydrogen) atoms. The number of benzene rings is 1. The molecule has 1 aliphatic rings. The fourth-order valence-electron chi connectivity index (χ4n) is 2.39. The normalized spacial score (nSPS) is 16.9. The summed E-state index contributed by atoms with van der Waals surface area (Å²) in [6.45, 7) is 2.01. The van der Waals surface area contributed by atoms with E-state index in [2.05, 4.69) is 4.98 Å². The average molecular weight is 270 g/mol. The summed E-state index contributed by atoms with van der Waals surface area (Å²) >= 11 is 0. The molecule has 1 aliphatic heterocycles. The smallest absolute Gasteiger partial charge is 0.414 e. The van der Waals surface area contributed by atoms with E-state index in [1.165, 1.54) is 18.4 Å². The molecule has 0 radical (unpaired) electrons. The van der Waals surface area contributed by atoms with E-state index in [1.54, 1.807) is 12.3 Å². The number of methoxy groups -OCH3 is 1. The summed E-state index contributed by atoms with van der Waals surface area (Å²) in [6, 6.07) is 7.62. The van der Waals surface area contributed by atoms with Crippen LogP contribution in [0.3, 0.4) is 0 Å². The fourth-order valence-corrected chi connectivity index (χ4v) is 2.39. The van der Waals surface area contributed by atoms with Gasteiger partial charge in [0.25, 0.3) is 0 Å². The van der Waals surface area contributed by atoms with Crippen molar-refractivity contribution in [2.24, 2.45) is 0 Å². The van der Waals surface area contributed by atoms with Crippen molar-refractivity contribution in [3.05, 3.63) is 59.4 Å². The number of carbonyl (C=O) groups excluding carboxylic acids is 1. The molecule has 0 spiro atoms. The first-order valence-corrected chi connectivity index (χ1v) is 6.25. The molecule has 5 heteroatoms. The van der Waals surface area contributed by atoms with Gasteiger partial charge >= 0.3 is 6.09 Å². The number of hydrogen-bond acceptors (Lipinski definition) is 4. The molecule has 0 bridgehead atoms. The van der Waals surface area contributed by atoms with Crippen LogP contribution in [0.1, 0.15) is 28.6 Å². The summed E-state index contributed by atoms with van der Waals surface area (Å²) in [5.41, 5.74) is 2.80. The molecule has 1 atom stereocenters. The number of nitrogens with zero attached hydrogens (tertiary/aromatic N) is 2. The van der Waals surface area contributed by atoms with Gasteiger partial charge in [-0.05, 0) is 18.6 Å². The van der Waals surface area contributed by atoms with E-state index in [0.717, 1.165) is 11.1 Å². The molecule has 102 valence electrons. The highest BCUT2D eigenvalue weighted by Crippen LogP contribution is 2.35. The maximum absolute atomic E-state index is 12.0. The van der Waals surface area contributed by atoms with Crippen molar-refractivity contribution < 1.29 is 13.9 Å². The molecule has 0 saturated carbocycles. The lowest BCUT2D eigenvalue weighted by Crippen LogP contribution is -2.33. The molecule has 1 aromatic heterocycles. The Labute approximate surface area is 116 Å². The second kappa shape index (κ2) is 4.85. The molecule has 3 rings (SSSR count). The lowest BCUT2D eigenvalue weighted by Gasteiger charge is -2.29. The van der Waals surface area contributed by atoms with E-state index in [0.29, 0.717) is 11.5 Å². The van der Waals surface area contributed by atoms with Crippen molar-refractivity contribution in [3.63, 3.8) is 0 Å². The lowest BCUT2D eigenvalue weighted by atomic mass is 9.97. The molecular formula is C15H14N2O3. The molecule has 1 aromatic carbocycles. The van der Waals surface area contributed by atoms with Crippen LogP contribution in [0.25, 0.3) is 6.08 Å². The quantitative estimate of drug-likeness (QED) is 0.798. The highest BCUT2D eigenvalue weighted by Gasteiger charge is 2.33. The topological polar surface area (TPSA) is 55.6 Å². The van der Waals surface area contributed by atoms with Crippen LogP contribution in [0.2, 0.25) is 0 Å². The Morgan fingerprint density at radius 2 is 2.30 bits per heavy atom. The number of aryl methyl sites for hydroxylation is 1. The van der Waals surface area contributed by atoms with Crippen molar-refractivity contribution >= 4 is 12.2 Å². The second-order valence-electron chi connectivity index (χ2n) is 4.61. The van der Waals surface area contributed by atoms with Crippen LogP contribution in [-0.2, 0) is 4.74 Å². The summed E-state index contributed by atoms with van der Waals surface area (Å²) in [6.07, 6.45) is 4.33. The van der Waals surface area contributed by atoms with Gasteiger partial charge in [0.15, 0.2) is 12.2 Å². The van der Waals surface area contributed by atoms with Crippen LogP contribution in [0.4, 0.5) is 4.79 Å². The Morgan fingerprint density at radius 3 is 3.05 bits per heavy atom. The van der Waals surface area contributed by atoms with Gasteiger partial charge in [0.2, 0.25) is 0 Å². The molecule has 1 amide bonds. The first kappa shape index (κ1) is 12.5. The van der Waals surface area contributed by atoms with Gasteiger partial charge in [-0.25, -0.2) is 9.78 Å². The van der Waals surface area contributed by atoms with Gasteiger partial charge < -0.3 is 9.15 Å². The predicted octanol–water partition coefficient (Wildman–Crippen LogP) is 3.13. The molecule has 5 nitrogen and oxygen atoms in total. The minimum atomic E-state index is -0.429. The molecule has 0 saturated heterocycles. The molecular weight excluding hydrogens is 256 g/mol. The van der Waals surface area contributed by atoms with Crippen molar-refractivity contribution in [3.8, 4) is 0 Å². The lowest BCUT2D eigenvalue weighted by molar-refractivity contribution is 0.130. The highest BCUT2D eigenvalue weighted by molar-refractivity contribution is 5.73. The van der Waals surface area contributed by atoms with Crippen molar-refractivity contribution in [1.82, 2.24) is 9.88 Å². The predicted molar refractivity (Wildman–Crippen MR) is 72.8 cm³/mol. The van der Waals surface area contributed by atoms with Crippen LogP contribution in [0.15, 0.2) is 41.3 Å². The monoisotopic (exact) mass is 270 g/mol. The van der Waals surface area contributed by atoms with E-state index in [4.69, 9.17) is 9.15 Å². The largest absolute Gasteiger partial charge is 0.452 e. The highest BCUT2D eigenvalue weighted by atomic mass is 16.5. The number of hydrogen-bond donors (Lipinski definition) is 0. The van der Waals surface area contributed by atoms with Crippen LogP contribution in [-0.4, -0.2) is 23.1 Å². The van der Waals surface area contributed by atoms with Crippen LogP contribution >= 0.6 is 0 Å². The van der Waals surface area contributed by atoms with Crippen LogP contribution in [0, 0.1) is 6.92 Å². The number of carbonyl (C=O) groups is 1. The zero-order chi connectivity index (χ0) is 14.1. The van der Waals surface area contributed by atoms with Gasteiger partial charge in [0.1, 0.15) is 11.7 Å². The van der Waals surface area contributed by atoms with Crippen LogP contribution < -0.4 is 0 Å². The zero-order valence-corrected chi connectivity index (χ0v) is 11.2. The van der Waals surface area contributed by atoms with Gasteiger partial charge in [-0.1, -0.05) is 29.8 Å². The number of fused-ring (bicyclic) bond motifs is 1. The average Bonchev–Trinajstić information content (AvgIpc) is 2.93. The number of oxazole rings is 1. The summed E-state index contributed by atoms with van der Waals surface area (Å²) in [7, 11) is 1.36. The van der Waals surface area contributed by atoms with E-state index in [-0.39, 0.29) is 6.04 Å².